The number of aliphatic hydroxyl groups is 2. The molecule has 0 saturated carbocycles. The molecular formula is C25H24N2O4S. The van der Waals surface area contributed by atoms with Gasteiger partial charge in [-0.25, -0.2) is 0 Å². The van der Waals surface area contributed by atoms with Crippen LogP contribution in [0, 0.1) is 0 Å². The van der Waals surface area contributed by atoms with E-state index in [1.54, 1.807) is 11.3 Å². The van der Waals surface area contributed by atoms with Gasteiger partial charge in [0.1, 0.15) is 0 Å². The fraction of sp³-hybridized carbons (Fsp3) is 0.280. The molecule has 4 rings (SSSR count). The predicted molar refractivity (Wildman–Crippen MR) is 121 cm³/mol. The van der Waals surface area contributed by atoms with Gasteiger partial charge in [0, 0.05) is 29.3 Å². The monoisotopic (exact) mass is 448 g/mol. The Bertz CT molecular complexity index is 1160. The minimum absolute atomic E-state index is 0.213. The van der Waals surface area contributed by atoms with Crippen LogP contribution in [0.1, 0.15) is 27.8 Å². The van der Waals surface area contributed by atoms with Gasteiger partial charge in [-0.3, -0.25) is 9.59 Å². The summed E-state index contributed by atoms with van der Waals surface area (Å²) in [5.74, 6) is -1.43. The standard InChI is InChI=1S/C25H24N2O4S/c1-16-6-2-3-7-17(16)12-20-10-11-21(32-20)13-26-24(30)22(28)23(29)25(31)27-14-18-8-4-5-9-19(18)15-27/h4-11,22-23,28-29H,12-15H2,1H3,(H,26,30)/t22-,23-/m1/s1. The fourth-order valence-corrected chi connectivity index (χ4v) is 4.69. The molecule has 2 amide bonds. The summed E-state index contributed by atoms with van der Waals surface area (Å²) in [6.07, 6.45) is 0.953. The van der Waals surface area contributed by atoms with Gasteiger partial charge in [-0.15, -0.1) is 11.3 Å². The Labute approximate surface area is 190 Å². The number of benzene rings is 1. The van der Waals surface area contributed by atoms with E-state index in [0.29, 0.717) is 13.1 Å². The summed E-state index contributed by atoms with van der Waals surface area (Å²) in [5.41, 5.74) is 10.2. The zero-order chi connectivity index (χ0) is 22.7. The van der Waals surface area contributed by atoms with Gasteiger partial charge >= 0.3 is 0 Å². The first-order valence-electron chi connectivity index (χ1n) is 10.4. The second kappa shape index (κ2) is 9.53. The van der Waals surface area contributed by atoms with Crippen LogP contribution in [0.25, 0.3) is 0 Å². The highest BCUT2D eigenvalue weighted by atomic mass is 32.1. The number of nitrogens with zero attached hydrogens (tertiary/aromatic N) is 1. The number of nitrogens with one attached hydrogen (secondary N) is 1. The highest BCUT2D eigenvalue weighted by Gasteiger charge is 2.35. The van der Waals surface area contributed by atoms with Crippen molar-refractivity contribution in [3.63, 3.8) is 0 Å². The molecule has 0 unspecified atom stereocenters. The Balaban J connectivity index is 1.29. The number of hydrogen-bond donors (Lipinski definition) is 3. The molecule has 2 aliphatic rings. The summed E-state index contributed by atoms with van der Waals surface area (Å²) < 4.78 is 0. The molecule has 6 nitrogen and oxygen atoms in total. The second-order valence-corrected chi connectivity index (χ2v) is 9.15. The average Bonchev–Trinajstić information content (AvgIpc) is 3.44. The van der Waals surface area contributed by atoms with E-state index >= 15 is 0 Å². The third-order valence-corrected chi connectivity index (χ3v) is 6.70. The van der Waals surface area contributed by atoms with Crippen molar-refractivity contribution < 1.29 is 19.8 Å². The molecule has 1 aliphatic heterocycles. The average molecular weight is 449 g/mol. The summed E-state index contributed by atoms with van der Waals surface area (Å²) in [6.45, 7) is 2.96. The van der Waals surface area contributed by atoms with Crippen molar-refractivity contribution in [1.82, 2.24) is 10.2 Å². The molecule has 1 aliphatic carbocycles. The van der Waals surface area contributed by atoms with Gasteiger partial charge in [0.25, 0.3) is 11.8 Å². The van der Waals surface area contributed by atoms with Gasteiger partial charge in [0.2, 0.25) is 0 Å². The zero-order valence-corrected chi connectivity index (χ0v) is 18.5. The zero-order valence-electron chi connectivity index (χ0n) is 17.7. The van der Waals surface area contributed by atoms with Crippen molar-refractivity contribution >= 4 is 23.2 Å². The Hall–Kier alpha value is -3.18. The van der Waals surface area contributed by atoms with Crippen molar-refractivity contribution in [3.05, 3.63) is 92.0 Å². The van der Waals surface area contributed by atoms with Crippen molar-refractivity contribution in [2.75, 3.05) is 0 Å². The molecule has 2 heterocycles. The normalized spacial score (nSPS) is 16.3. The number of rotatable bonds is 7. The molecule has 7 heteroatoms. The van der Waals surface area contributed by atoms with E-state index < -0.39 is 24.0 Å². The van der Waals surface area contributed by atoms with Crippen LogP contribution in [0.2, 0.25) is 0 Å². The molecule has 0 saturated heterocycles. The minimum Gasteiger partial charge on any atom is -0.380 e. The predicted octanol–water partition coefficient (Wildman–Crippen LogP) is 2.37. The van der Waals surface area contributed by atoms with E-state index in [2.05, 4.69) is 16.8 Å². The molecule has 164 valence electrons. The first-order chi connectivity index (χ1) is 15.4. The van der Waals surface area contributed by atoms with Gasteiger partial charge in [0.05, 0.1) is 6.54 Å². The summed E-state index contributed by atoms with van der Waals surface area (Å²) in [6, 6.07) is 11.5. The molecule has 0 spiro atoms. The number of allylic oxidation sites excluding steroid dienone is 4. The lowest BCUT2D eigenvalue weighted by molar-refractivity contribution is -0.153. The van der Waals surface area contributed by atoms with Crippen molar-refractivity contribution in [2.45, 2.75) is 45.2 Å². The smallest absolute Gasteiger partial charge is 0.255 e. The van der Waals surface area contributed by atoms with E-state index in [9.17, 15) is 19.8 Å². The lowest BCUT2D eigenvalue weighted by atomic mass is 10.0. The van der Waals surface area contributed by atoms with E-state index in [0.717, 1.165) is 32.9 Å². The largest absolute Gasteiger partial charge is 0.380 e. The molecule has 1 aromatic carbocycles. The van der Waals surface area contributed by atoms with Crippen LogP contribution in [0.3, 0.4) is 0 Å². The van der Waals surface area contributed by atoms with Gasteiger partial charge in [-0.2, -0.15) is 0 Å². The van der Waals surface area contributed by atoms with E-state index in [1.807, 2.05) is 55.5 Å². The molecule has 32 heavy (non-hydrogen) atoms. The Kier molecular flexibility index (Phi) is 6.56. The number of fused-ring (bicyclic) bond motifs is 1. The van der Waals surface area contributed by atoms with Crippen molar-refractivity contribution in [1.29, 1.82) is 0 Å². The third-order valence-electron chi connectivity index (χ3n) is 5.62. The lowest BCUT2D eigenvalue weighted by Gasteiger charge is -2.22. The molecule has 3 N–H and O–H groups in total. The SMILES string of the molecule is CC1=C(Cc2ccc(CNC(=O)[C@H](O)[C@@H](O)C(=O)N3Cc4ccccc4C3)s2)C=C=C=C1. The summed E-state index contributed by atoms with van der Waals surface area (Å²) in [7, 11) is 0. The van der Waals surface area contributed by atoms with Gasteiger partial charge in [-0.1, -0.05) is 35.7 Å². The minimum atomic E-state index is -1.83. The van der Waals surface area contributed by atoms with Crippen LogP contribution in [-0.4, -0.2) is 39.1 Å². The van der Waals surface area contributed by atoms with Gasteiger partial charge in [-0.05, 0) is 53.5 Å². The Morgan fingerprint density at radius 1 is 1.03 bits per heavy atom. The van der Waals surface area contributed by atoms with E-state index in [4.69, 9.17) is 0 Å². The lowest BCUT2D eigenvalue weighted by Crippen LogP contribution is -2.49. The molecule has 0 fully saturated rings. The maximum absolute atomic E-state index is 12.6. The molecular weight excluding hydrogens is 424 g/mol. The number of carbonyl (C=O) groups excluding carboxylic acids is 2. The van der Waals surface area contributed by atoms with Gasteiger partial charge < -0.3 is 20.4 Å². The number of hydrogen-bond acceptors (Lipinski definition) is 5. The third kappa shape index (κ3) is 4.83. The van der Waals surface area contributed by atoms with Crippen LogP contribution in [0.15, 0.2) is 71.2 Å². The molecule has 2 aromatic rings. The molecule has 0 radical (unpaired) electrons. The number of carbonyl (C=O) groups is 2. The van der Waals surface area contributed by atoms with Gasteiger partial charge in [0.15, 0.2) is 12.2 Å². The van der Waals surface area contributed by atoms with E-state index in [-0.39, 0.29) is 6.54 Å². The number of aliphatic hydroxyl groups excluding tert-OH is 2. The molecule has 2 atom stereocenters. The summed E-state index contributed by atoms with van der Waals surface area (Å²) >= 11 is 1.56. The Morgan fingerprint density at radius 2 is 1.69 bits per heavy atom. The Morgan fingerprint density at radius 3 is 2.38 bits per heavy atom. The van der Waals surface area contributed by atoms with E-state index in [1.165, 1.54) is 10.5 Å². The van der Waals surface area contributed by atoms with Crippen molar-refractivity contribution in [2.24, 2.45) is 0 Å². The summed E-state index contributed by atoms with van der Waals surface area (Å²) in [5, 5.41) is 23.1. The van der Waals surface area contributed by atoms with Crippen LogP contribution in [-0.2, 0) is 35.6 Å². The molecule has 1 aromatic heterocycles. The first kappa shape index (κ1) is 22.0. The fourth-order valence-electron chi connectivity index (χ4n) is 3.71. The highest BCUT2D eigenvalue weighted by molar-refractivity contribution is 7.12. The molecule has 0 bridgehead atoms. The summed E-state index contributed by atoms with van der Waals surface area (Å²) in [4.78, 5) is 28.4. The quantitative estimate of drug-likeness (QED) is 0.568. The highest BCUT2D eigenvalue weighted by Crippen LogP contribution is 2.24. The topological polar surface area (TPSA) is 89.9 Å². The van der Waals surface area contributed by atoms with Crippen LogP contribution >= 0.6 is 11.3 Å². The second-order valence-electron chi connectivity index (χ2n) is 7.90. The number of amides is 2. The maximum Gasteiger partial charge on any atom is 0.255 e. The number of thiophene rings is 1. The van der Waals surface area contributed by atoms with Crippen LogP contribution in [0.4, 0.5) is 0 Å². The van der Waals surface area contributed by atoms with Crippen LogP contribution in [0.5, 0.6) is 0 Å². The maximum atomic E-state index is 12.6. The van der Waals surface area contributed by atoms with Crippen LogP contribution < -0.4 is 5.32 Å². The first-order valence-corrected chi connectivity index (χ1v) is 11.2. The van der Waals surface area contributed by atoms with Crippen molar-refractivity contribution in [3.8, 4) is 0 Å².